The van der Waals surface area contributed by atoms with Crippen molar-refractivity contribution in [2.75, 3.05) is 13.1 Å². The van der Waals surface area contributed by atoms with E-state index in [4.69, 9.17) is 0 Å². The van der Waals surface area contributed by atoms with E-state index in [-0.39, 0.29) is 11.7 Å². The Morgan fingerprint density at radius 3 is 2.16 bits per heavy atom. The lowest BCUT2D eigenvalue weighted by Gasteiger charge is -2.22. The first-order valence-corrected chi connectivity index (χ1v) is 8.22. The highest BCUT2D eigenvalue weighted by molar-refractivity contribution is 7.93. The lowest BCUT2D eigenvalue weighted by Crippen LogP contribution is -2.32. The van der Waals surface area contributed by atoms with Crippen LogP contribution < -0.4 is 0 Å². The van der Waals surface area contributed by atoms with Gasteiger partial charge in [0.2, 0.25) is 10.0 Å². The molecule has 0 fully saturated rings. The highest BCUT2D eigenvalue weighted by Crippen LogP contribution is 2.26. The number of hydrogen-bond acceptors (Lipinski definition) is 3. The van der Waals surface area contributed by atoms with E-state index in [9.17, 15) is 13.2 Å². The Morgan fingerprint density at radius 2 is 1.79 bits per heavy atom. The number of carbonyl (C=O) groups excluding carboxylic acids is 1. The van der Waals surface area contributed by atoms with Crippen LogP contribution in [0.1, 0.15) is 40.5 Å². The van der Waals surface area contributed by atoms with E-state index < -0.39 is 10.0 Å². The molecule has 5 heteroatoms. The third kappa shape index (κ3) is 3.54. The summed E-state index contributed by atoms with van der Waals surface area (Å²) < 4.78 is 26.0. The van der Waals surface area contributed by atoms with Crippen LogP contribution in [0.25, 0.3) is 0 Å². The summed E-state index contributed by atoms with van der Waals surface area (Å²) in [5, 5.41) is 0. The molecule has 0 bridgehead atoms. The van der Waals surface area contributed by atoms with Crippen molar-refractivity contribution in [3.8, 4) is 0 Å². The van der Waals surface area contributed by atoms with Gasteiger partial charge in [-0.25, -0.2) is 8.42 Å². The Kier molecular flexibility index (Phi) is 5.50. The fourth-order valence-electron chi connectivity index (χ4n) is 2.14. The van der Waals surface area contributed by atoms with Crippen LogP contribution in [-0.4, -0.2) is 31.6 Å². The smallest absolute Gasteiger partial charge is 0.239 e. The van der Waals surface area contributed by atoms with Gasteiger partial charge in [0.15, 0.2) is 5.78 Å². The highest BCUT2D eigenvalue weighted by Gasteiger charge is 2.26. The molecule has 0 aromatic carbocycles. The first-order chi connectivity index (χ1) is 8.84. The summed E-state index contributed by atoms with van der Waals surface area (Å²) in [5.74, 6) is 0.0659. The molecule has 0 saturated heterocycles. The Morgan fingerprint density at radius 1 is 1.21 bits per heavy atom. The first-order valence-electron chi connectivity index (χ1n) is 6.78. The lowest BCUT2D eigenvalue weighted by atomic mass is 9.94. The zero-order valence-corrected chi connectivity index (χ0v) is 13.0. The fourth-order valence-corrected chi connectivity index (χ4v) is 3.75. The summed E-state index contributed by atoms with van der Waals surface area (Å²) in [6.07, 6.45) is 4.20. The molecule has 1 aliphatic carbocycles. The third-order valence-corrected chi connectivity index (χ3v) is 5.53. The van der Waals surface area contributed by atoms with Gasteiger partial charge in [0.1, 0.15) is 0 Å². The second-order valence-corrected chi connectivity index (χ2v) is 6.92. The lowest BCUT2D eigenvalue weighted by molar-refractivity contribution is -0.118. The van der Waals surface area contributed by atoms with Crippen molar-refractivity contribution in [3.63, 3.8) is 0 Å². The molecule has 19 heavy (non-hydrogen) atoms. The number of carbonyl (C=O) groups is 1. The minimum absolute atomic E-state index is 0.0411. The van der Waals surface area contributed by atoms with E-state index in [2.05, 4.69) is 0 Å². The number of Topliss-reactive ketones (excluding diaryl/α,β-unsaturated/α-hetero) is 1. The van der Waals surface area contributed by atoms with Crippen molar-refractivity contribution in [3.05, 3.63) is 22.6 Å². The minimum Gasteiger partial charge on any atom is -0.294 e. The number of ketones is 1. The normalized spacial score (nSPS) is 16.5. The van der Waals surface area contributed by atoms with Crippen LogP contribution in [-0.2, 0) is 14.8 Å². The van der Waals surface area contributed by atoms with Gasteiger partial charge in [-0.05, 0) is 24.5 Å². The van der Waals surface area contributed by atoms with Gasteiger partial charge in [-0.1, -0.05) is 33.8 Å². The van der Waals surface area contributed by atoms with Gasteiger partial charge >= 0.3 is 0 Å². The molecular formula is C14H23NO3S. The van der Waals surface area contributed by atoms with Crippen molar-refractivity contribution in [2.45, 2.75) is 40.5 Å². The standard InChI is InChI=1S/C14H23NO3S/c1-5-15(6-2)19(17,18)13-9-7-12(8-10-13)14(16)11(3)4/h7,9,11H,5-6,8,10H2,1-4H3. The number of hydrogen-bond donors (Lipinski definition) is 0. The predicted octanol–water partition coefficient (Wildman–Crippen LogP) is 2.49. The van der Waals surface area contributed by atoms with Gasteiger partial charge in [0, 0.05) is 19.0 Å². The number of nitrogens with zero attached hydrogens (tertiary/aromatic N) is 1. The molecule has 0 N–H and O–H groups in total. The summed E-state index contributed by atoms with van der Waals surface area (Å²) in [7, 11) is -3.36. The maximum Gasteiger partial charge on any atom is 0.239 e. The van der Waals surface area contributed by atoms with Crippen LogP contribution in [0.5, 0.6) is 0 Å². The average Bonchev–Trinajstić information content (AvgIpc) is 2.39. The van der Waals surface area contributed by atoms with Gasteiger partial charge in [-0.2, -0.15) is 4.31 Å². The number of allylic oxidation sites excluding steroid dienone is 4. The van der Waals surface area contributed by atoms with Crippen molar-refractivity contribution >= 4 is 15.8 Å². The summed E-state index contributed by atoms with van der Waals surface area (Å²) in [5.41, 5.74) is 0.730. The molecule has 0 radical (unpaired) electrons. The molecule has 108 valence electrons. The zero-order valence-electron chi connectivity index (χ0n) is 12.1. The molecule has 0 unspecified atom stereocenters. The third-order valence-electron chi connectivity index (χ3n) is 3.33. The van der Waals surface area contributed by atoms with Crippen molar-refractivity contribution in [1.82, 2.24) is 4.31 Å². The molecule has 0 saturated carbocycles. The predicted molar refractivity (Wildman–Crippen MR) is 77.1 cm³/mol. The molecule has 1 aliphatic rings. The summed E-state index contributed by atoms with van der Waals surface area (Å²) >= 11 is 0. The average molecular weight is 285 g/mol. The van der Waals surface area contributed by atoms with Crippen LogP contribution in [0.2, 0.25) is 0 Å². The monoisotopic (exact) mass is 285 g/mol. The highest BCUT2D eigenvalue weighted by atomic mass is 32.2. The van der Waals surface area contributed by atoms with Crippen LogP contribution >= 0.6 is 0 Å². The second kappa shape index (κ2) is 6.48. The molecule has 0 spiro atoms. The van der Waals surface area contributed by atoms with Crippen molar-refractivity contribution in [2.24, 2.45) is 5.92 Å². The van der Waals surface area contributed by atoms with Crippen LogP contribution in [0.15, 0.2) is 22.6 Å². The summed E-state index contributed by atoms with van der Waals surface area (Å²) in [6, 6.07) is 0. The van der Waals surface area contributed by atoms with E-state index >= 15 is 0 Å². The molecule has 0 aromatic rings. The summed E-state index contributed by atoms with van der Waals surface area (Å²) in [6.45, 7) is 8.31. The fraction of sp³-hybridized carbons (Fsp3) is 0.643. The molecule has 0 amide bonds. The zero-order chi connectivity index (χ0) is 14.6. The van der Waals surface area contributed by atoms with Crippen LogP contribution in [0.3, 0.4) is 0 Å². The topological polar surface area (TPSA) is 54.5 Å². The van der Waals surface area contributed by atoms with E-state index in [0.29, 0.717) is 30.8 Å². The van der Waals surface area contributed by atoms with E-state index in [1.54, 1.807) is 12.2 Å². The molecule has 0 heterocycles. The van der Waals surface area contributed by atoms with Crippen molar-refractivity contribution < 1.29 is 13.2 Å². The Labute approximate surface area is 116 Å². The van der Waals surface area contributed by atoms with Gasteiger partial charge < -0.3 is 0 Å². The number of sulfonamides is 1. The van der Waals surface area contributed by atoms with Gasteiger partial charge in [0.25, 0.3) is 0 Å². The molecule has 1 rings (SSSR count). The van der Waals surface area contributed by atoms with Crippen LogP contribution in [0.4, 0.5) is 0 Å². The molecule has 4 nitrogen and oxygen atoms in total. The Hall–Kier alpha value is -0.940. The Bertz CT molecular complexity index is 497. The van der Waals surface area contributed by atoms with E-state index in [1.165, 1.54) is 4.31 Å². The maximum atomic E-state index is 12.3. The number of rotatable bonds is 6. The molecule has 0 aliphatic heterocycles. The molecular weight excluding hydrogens is 262 g/mol. The Balaban J connectivity index is 2.98. The maximum absolute atomic E-state index is 12.3. The van der Waals surface area contributed by atoms with E-state index in [1.807, 2.05) is 27.7 Å². The molecule has 0 aromatic heterocycles. The second-order valence-electron chi connectivity index (χ2n) is 4.93. The minimum atomic E-state index is -3.36. The van der Waals surface area contributed by atoms with Gasteiger partial charge in [0.05, 0.1) is 4.91 Å². The van der Waals surface area contributed by atoms with Crippen LogP contribution in [0, 0.1) is 5.92 Å². The first kappa shape index (κ1) is 16.1. The SMILES string of the molecule is CCN(CC)S(=O)(=O)C1=CC=C(C(=O)C(C)C)CC1. The van der Waals surface area contributed by atoms with E-state index in [0.717, 1.165) is 5.57 Å². The largest absolute Gasteiger partial charge is 0.294 e. The molecule has 0 atom stereocenters. The van der Waals surface area contributed by atoms with Gasteiger partial charge in [-0.15, -0.1) is 0 Å². The summed E-state index contributed by atoms with van der Waals surface area (Å²) in [4.78, 5) is 12.3. The van der Waals surface area contributed by atoms with Gasteiger partial charge in [-0.3, -0.25) is 4.79 Å². The quantitative estimate of drug-likeness (QED) is 0.753. The van der Waals surface area contributed by atoms with Crippen molar-refractivity contribution in [1.29, 1.82) is 0 Å².